The Morgan fingerprint density at radius 3 is 2.34 bits per heavy atom. The van der Waals surface area contributed by atoms with Crippen molar-refractivity contribution in [2.45, 2.75) is 37.0 Å². The first-order chi connectivity index (χ1) is 14.0. The Morgan fingerprint density at radius 1 is 1.00 bits per heavy atom. The summed E-state index contributed by atoms with van der Waals surface area (Å²) in [5.74, 6) is 0.250. The molecule has 1 aliphatic rings. The van der Waals surface area contributed by atoms with E-state index in [4.69, 9.17) is 9.47 Å². The summed E-state index contributed by atoms with van der Waals surface area (Å²) in [5.41, 5.74) is 1.27. The first-order valence-electron chi connectivity index (χ1n) is 9.91. The predicted octanol–water partition coefficient (Wildman–Crippen LogP) is 3.66. The molecule has 1 heterocycles. The molecule has 29 heavy (non-hydrogen) atoms. The second-order valence-electron chi connectivity index (χ2n) is 7.08. The van der Waals surface area contributed by atoms with E-state index < -0.39 is 16.0 Å². The maximum absolute atomic E-state index is 12.9. The van der Waals surface area contributed by atoms with Crippen molar-refractivity contribution in [3.8, 4) is 5.75 Å². The van der Waals surface area contributed by atoms with Gasteiger partial charge in [-0.15, -0.1) is 0 Å². The molecule has 1 fully saturated rings. The number of hydrogen-bond donors (Lipinski definition) is 0. The van der Waals surface area contributed by atoms with E-state index in [0.717, 1.165) is 37.0 Å². The Hall–Kier alpha value is -2.38. The number of carbonyl (C=O) groups is 1. The highest BCUT2D eigenvalue weighted by Gasteiger charge is 2.26. The summed E-state index contributed by atoms with van der Waals surface area (Å²) in [6, 6.07) is 13.7. The smallest absolute Gasteiger partial charge is 0.338 e. The normalized spacial score (nSPS) is 15.5. The van der Waals surface area contributed by atoms with E-state index in [-0.39, 0.29) is 17.1 Å². The van der Waals surface area contributed by atoms with Gasteiger partial charge in [-0.3, -0.25) is 0 Å². The first kappa shape index (κ1) is 21.3. The van der Waals surface area contributed by atoms with E-state index in [2.05, 4.69) is 0 Å². The summed E-state index contributed by atoms with van der Waals surface area (Å²) in [4.78, 5) is 12.5. The first-order valence-corrected chi connectivity index (χ1v) is 11.3. The van der Waals surface area contributed by atoms with Gasteiger partial charge in [0.1, 0.15) is 5.75 Å². The zero-order chi connectivity index (χ0) is 20.7. The lowest BCUT2D eigenvalue weighted by Gasteiger charge is -2.20. The lowest BCUT2D eigenvalue weighted by Crippen LogP contribution is -2.32. The molecule has 0 atom stereocenters. The minimum atomic E-state index is -3.60. The van der Waals surface area contributed by atoms with Crippen molar-refractivity contribution in [1.82, 2.24) is 4.31 Å². The van der Waals surface area contributed by atoms with E-state index in [1.807, 2.05) is 24.3 Å². The quantitative estimate of drug-likeness (QED) is 0.643. The van der Waals surface area contributed by atoms with Gasteiger partial charge in [0.05, 0.1) is 24.2 Å². The third-order valence-corrected chi connectivity index (χ3v) is 6.95. The van der Waals surface area contributed by atoms with Crippen LogP contribution in [0.5, 0.6) is 5.75 Å². The Morgan fingerprint density at radius 2 is 1.69 bits per heavy atom. The van der Waals surface area contributed by atoms with Crippen LogP contribution in [-0.4, -0.2) is 45.5 Å². The van der Waals surface area contributed by atoms with Crippen molar-refractivity contribution < 1.29 is 22.7 Å². The second-order valence-corrected chi connectivity index (χ2v) is 9.02. The molecule has 0 spiro atoms. The monoisotopic (exact) mass is 417 g/mol. The highest BCUT2D eigenvalue weighted by Crippen LogP contribution is 2.21. The molecule has 2 aromatic rings. The van der Waals surface area contributed by atoms with E-state index >= 15 is 0 Å². The summed E-state index contributed by atoms with van der Waals surface area (Å²) >= 11 is 0. The van der Waals surface area contributed by atoms with Gasteiger partial charge in [0.15, 0.2) is 0 Å². The molecule has 0 aromatic heterocycles. The summed E-state index contributed by atoms with van der Waals surface area (Å²) in [6.45, 7) is 1.27. The van der Waals surface area contributed by atoms with Crippen LogP contribution in [0.25, 0.3) is 0 Å². The molecule has 0 aliphatic carbocycles. The Balaban J connectivity index is 1.62. The SMILES string of the molecule is COc1ccc(CCOC(=O)c2cccc(S(=O)(=O)N3CCCCCC3)c2)cc1. The molecule has 156 valence electrons. The molecular weight excluding hydrogens is 390 g/mol. The van der Waals surface area contributed by atoms with Crippen LogP contribution in [0, 0.1) is 0 Å². The lowest BCUT2D eigenvalue weighted by atomic mass is 10.1. The highest BCUT2D eigenvalue weighted by atomic mass is 32.2. The van der Waals surface area contributed by atoms with Crippen LogP contribution in [0.15, 0.2) is 53.4 Å². The van der Waals surface area contributed by atoms with E-state index in [1.54, 1.807) is 19.2 Å². The number of benzene rings is 2. The molecule has 6 nitrogen and oxygen atoms in total. The Labute approximate surface area is 172 Å². The van der Waals surface area contributed by atoms with Gasteiger partial charge in [-0.2, -0.15) is 4.31 Å². The third kappa shape index (κ3) is 5.58. The largest absolute Gasteiger partial charge is 0.497 e. The molecule has 7 heteroatoms. The van der Waals surface area contributed by atoms with Gasteiger partial charge in [0, 0.05) is 19.5 Å². The zero-order valence-electron chi connectivity index (χ0n) is 16.7. The number of nitrogens with zero attached hydrogens (tertiary/aromatic N) is 1. The molecule has 2 aromatic carbocycles. The van der Waals surface area contributed by atoms with E-state index in [9.17, 15) is 13.2 Å². The van der Waals surface area contributed by atoms with Crippen molar-refractivity contribution in [2.24, 2.45) is 0 Å². The molecule has 0 saturated carbocycles. The molecular formula is C22H27NO5S. The van der Waals surface area contributed by atoms with Crippen molar-refractivity contribution in [1.29, 1.82) is 0 Å². The van der Waals surface area contributed by atoms with Crippen LogP contribution in [0.3, 0.4) is 0 Å². The maximum Gasteiger partial charge on any atom is 0.338 e. The summed E-state index contributed by atoms with van der Waals surface area (Å²) in [6.07, 6.45) is 4.40. The second kappa shape index (κ2) is 9.89. The van der Waals surface area contributed by atoms with Crippen molar-refractivity contribution in [2.75, 3.05) is 26.8 Å². The van der Waals surface area contributed by atoms with Crippen molar-refractivity contribution in [3.05, 3.63) is 59.7 Å². The summed E-state index contributed by atoms with van der Waals surface area (Å²) < 4.78 is 37.8. The summed E-state index contributed by atoms with van der Waals surface area (Å²) in [7, 11) is -1.99. The van der Waals surface area contributed by atoms with Crippen LogP contribution in [0.1, 0.15) is 41.6 Å². The number of esters is 1. The van der Waals surface area contributed by atoms with Gasteiger partial charge < -0.3 is 9.47 Å². The average molecular weight is 418 g/mol. The minimum Gasteiger partial charge on any atom is -0.497 e. The van der Waals surface area contributed by atoms with Gasteiger partial charge in [-0.1, -0.05) is 31.0 Å². The molecule has 0 bridgehead atoms. The predicted molar refractivity (Wildman–Crippen MR) is 111 cm³/mol. The van der Waals surface area contributed by atoms with Gasteiger partial charge in [0.2, 0.25) is 10.0 Å². The number of carbonyl (C=O) groups excluding carboxylic acids is 1. The van der Waals surface area contributed by atoms with Crippen LogP contribution in [-0.2, 0) is 21.2 Å². The van der Waals surface area contributed by atoms with E-state index in [0.29, 0.717) is 19.5 Å². The number of rotatable bonds is 7. The fourth-order valence-corrected chi connectivity index (χ4v) is 4.92. The average Bonchev–Trinajstić information content (AvgIpc) is 3.04. The van der Waals surface area contributed by atoms with Crippen LogP contribution < -0.4 is 4.74 Å². The molecule has 0 unspecified atom stereocenters. The lowest BCUT2D eigenvalue weighted by molar-refractivity contribution is 0.0509. The third-order valence-electron chi connectivity index (χ3n) is 5.06. The summed E-state index contributed by atoms with van der Waals surface area (Å²) in [5, 5.41) is 0. The van der Waals surface area contributed by atoms with Crippen LogP contribution in [0.2, 0.25) is 0 Å². The molecule has 0 N–H and O–H groups in total. The van der Waals surface area contributed by atoms with Crippen molar-refractivity contribution in [3.63, 3.8) is 0 Å². The topological polar surface area (TPSA) is 72.9 Å². The van der Waals surface area contributed by atoms with Gasteiger partial charge in [0.25, 0.3) is 0 Å². The molecule has 1 saturated heterocycles. The highest BCUT2D eigenvalue weighted by molar-refractivity contribution is 7.89. The van der Waals surface area contributed by atoms with Crippen molar-refractivity contribution >= 4 is 16.0 Å². The van der Waals surface area contributed by atoms with Gasteiger partial charge in [-0.05, 0) is 48.7 Å². The standard InChI is InChI=1S/C22H27NO5S/c1-27-20-11-9-18(10-12-20)13-16-28-22(24)19-7-6-8-21(17-19)29(25,26)23-14-4-2-3-5-15-23/h6-12,17H,2-5,13-16H2,1H3. The number of hydrogen-bond acceptors (Lipinski definition) is 5. The molecule has 3 rings (SSSR count). The molecule has 0 amide bonds. The van der Waals surface area contributed by atoms with Gasteiger partial charge >= 0.3 is 5.97 Å². The Bertz CT molecular complexity index is 916. The number of methoxy groups -OCH3 is 1. The zero-order valence-corrected chi connectivity index (χ0v) is 17.5. The molecule has 1 aliphatic heterocycles. The number of ether oxygens (including phenoxy) is 2. The number of sulfonamides is 1. The fourth-order valence-electron chi connectivity index (χ4n) is 3.35. The minimum absolute atomic E-state index is 0.143. The van der Waals surface area contributed by atoms with E-state index in [1.165, 1.54) is 16.4 Å². The Kier molecular flexibility index (Phi) is 7.28. The fraction of sp³-hybridized carbons (Fsp3) is 0.409. The molecule has 0 radical (unpaired) electrons. The van der Waals surface area contributed by atoms with Crippen LogP contribution >= 0.6 is 0 Å². The maximum atomic E-state index is 12.9. The van der Waals surface area contributed by atoms with Crippen LogP contribution in [0.4, 0.5) is 0 Å². The van der Waals surface area contributed by atoms with Gasteiger partial charge in [-0.25, -0.2) is 13.2 Å².